The summed E-state index contributed by atoms with van der Waals surface area (Å²) in [6.07, 6.45) is 7.99. The topological polar surface area (TPSA) is 67.8 Å². The highest BCUT2D eigenvalue weighted by atomic mass is 28.4. The van der Waals surface area contributed by atoms with Gasteiger partial charge in [0.1, 0.15) is 0 Å². The van der Waals surface area contributed by atoms with Crippen LogP contribution >= 0.6 is 0 Å². The first-order valence-electron chi connectivity index (χ1n) is 15.3. The van der Waals surface area contributed by atoms with Crippen LogP contribution in [0.4, 0.5) is 5.69 Å². The molecule has 1 saturated carbocycles. The Balaban J connectivity index is 1.44. The van der Waals surface area contributed by atoms with E-state index in [0.29, 0.717) is 12.5 Å². The van der Waals surface area contributed by atoms with E-state index in [-0.39, 0.29) is 16.5 Å². The summed E-state index contributed by atoms with van der Waals surface area (Å²) >= 11 is 0. The highest BCUT2D eigenvalue weighted by Gasteiger charge is 2.55. The maximum Gasteiger partial charge on any atom is 0.237 e. The summed E-state index contributed by atoms with van der Waals surface area (Å²) in [5, 5.41) is 1.20. The van der Waals surface area contributed by atoms with E-state index in [9.17, 15) is 4.79 Å². The normalized spacial score (nSPS) is 22.8. The molecule has 0 unspecified atom stereocenters. The third-order valence-corrected chi connectivity index (χ3v) is 14.6. The Bertz CT molecular complexity index is 1450. The molecule has 3 heterocycles. The lowest BCUT2D eigenvalue weighted by Crippen LogP contribution is -2.52. The molecule has 8 heteroatoms. The highest BCUT2D eigenvalue weighted by Crippen LogP contribution is 2.55. The molecular formula is C34H48N4O3Si. The molecule has 5 rings (SSSR count). The molecule has 7 nitrogen and oxygen atoms in total. The van der Waals surface area contributed by atoms with Crippen molar-refractivity contribution in [2.75, 3.05) is 39.2 Å². The fraction of sp³-hybridized carbons (Fsp3) is 0.559. The van der Waals surface area contributed by atoms with E-state index < -0.39 is 13.7 Å². The van der Waals surface area contributed by atoms with Crippen molar-refractivity contribution in [3.05, 3.63) is 48.3 Å². The number of carbonyl (C=O) groups excluding carboxylic acids is 1. The predicted octanol–water partition coefficient (Wildman–Crippen LogP) is 7.20. The molecule has 0 radical (unpaired) electrons. The molecule has 1 aliphatic heterocycles. The Morgan fingerprint density at radius 1 is 1.00 bits per heavy atom. The van der Waals surface area contributed by atoms with Crippen molar-refractivity contribution < 1.29 is 14.0 Å². The standard InChI is InChI=1S/C34H48N4O3Si/c1-32(2,3)42(8,9)41-33(4)15-17-34(18-16-33)30-26-21-24(11-13-27(26)35-23-28(30)38(7)31(34)39)25-12-14-29(36-22-25)40-20-10-19-37(5)6/h11-14,21-23H,10,15-20H2,1-9H3. The fourth-order valence-electron chi connectivity index (χ4n) is 6.39. The van der Waals surface area contributed by atoms with Gasteiger partial charge < -0.3 is 19.0 Å². The number of aromatic nitrogens is 2. The molecule has 0 bridgehead atoms. The van der Waals surface area contributed by atoms with Crippen LogP contribution in [0, 0.1) is 0 Å². The largest absolute Gasteiger partial charge is 0.478 e. The van der Waals surface area contributed by atoms with Crippen molar-refractivity contribution in [3.63, 3.8) is 0 Å². The Labute approximate surface area is 252 Å². The Hall–Kier alpha value is -2.81. The zero-order valence-corrected chi connectivity index (χ0v) is 28.0. The van der Waals surface area contributed by atoms with Gasteiger partial charge in [0.25, 0.3) is 0 Å². The first-order chi connectivity index (χ1) is 19.7. The van der Waals surface area contributed by atoms with Crippen molar-refractivity contribution in [2.24, 2.45) is 0 Å². The minimum Gasteiger partial charge on any atom is -0.478 e. The van der Waals surface area contributed by atoms with Crippen molar-refractivity contribution in [1.29, 1.82) is 0 Å². The molecule has 2 aliphatic rings. The molecule has 2 aromatic heterocycles. The third kappa shape index (κ3) is 5.61. The van der Waals surface area contributed by atoms with Crippen LogP contribution in [0.15, 0.2) is 42.7 Å². The van der Waals surface area contributed by atoms with Crippen LogP contribution in [-0.2, 0) is 14.6 Å². The Morgan fingerprint density at radius 2 is 1.69 bits per heavy atom. The van der Waals surface area contributed by atoms with Crippen molar-refractivity contribution in [3.8, 4) is 17.0 Å². The number of amides is 1. The van der Waals surface area contributed by atoms with Gasteiger partial charge in [-0.2, -0.15) is 0 Å². The van der Waals surface area contributed by atoms with Crippen LogP contribution in [0.2, 0.25) is 18.1 Å². The van der Waals surface area contributed by atoms with Crippen molar-refractivity contribution >= 4 is 30.8 Å². The van der Waals surface area contributed by atoms with E-state index >= 15 is 0 Å². The first kappa shape index (κ1) is 30.6. The second-order valence-corrected chi connectivity index (χ2v) is 19.1. The molecule has 1 amide bonds. The highest BCUT2D eigenvalue weighted by molar-refractivity contribution is 6.74. The average molecular weight is 589 g/mol. The van der Waals surface area contributed by atoms with Gasteiger partial charge in [0.05, 0.1) is 35.0 Å². The number of anilines is 1. The quantitative estimate of drug-likeness (QED) is 0.205. The number of rotatable bonds is 8. The number of hydrogen-bond acceptors (Lipinski definition) is 6. The molecule has 42 heavy (non-hydrogen) atoms. The van der Waals surface area contributed by atoms with E-state index in [4.69, 9.17) is 14.1 Å². The summed E-state index contributed by atoms with van der Waals surface area (Å²) in [6.45, 7) is 15.4. The zero-order valence-electron chi connectivity index (χ0n) is 27.0. The third-order valence-electron chi connectivity index (χ3n) is 9.94. The van der Waals surface area contributed by atoms with Crippen LogP contribution in [0.3, 0.4) is 0 Å². The number of nitrogens with zero attached hydrogens (tertiary/aromatic N) is 4. The monoisotopic (exact) mass is 588 g/mol. The maximum atomic E-state index is 14.0. The van der Waals surface area contributed by atoms with Gasteiger partial charge in [0.15, 0.2) is 8.32 Å². The number of benzene rings is 1. The maximum absolute atomic E-state index is 14.0. The summed E-state index contributed by atoms with van der Waals surface area (Å²) in [7, 11) is 4.08. The molecular weight excluding hydrogens is 540 g/mol. The molecule has 1 aromatic carbocycles. The van der Waals surface area contributed by atoms with E-state index in [2.05, 4.69) is 89.0 Å². The van der Waals surface area contributed by atoms with E-state index in [1.165, 1.54) is 0 Å². The van der Waals surface area contributed by atoms with Crippen LogP contribution in [0.1, 0.15) is 65.4 Å². The molecule has 1 aliphatic carbocycles. The number of carbonyl (C=O) groups is 1. The minimum atomic E-state index is -1.95. The summed E-state index contributed by atoms with van der Waals surface area (Å²) in [5.41, 5.74) is 4.28. The van der Waals surface area contributed by atoms with Gasteiger partial charge in [0.2, 0.25) is 11.8 Å². The Morgan fingerprint density at radius 3 is 2.31 bits per heavy atom. The van der Waals surface area contributed by atoms with Gasteiger partial charge in [0, 0.05) is 42.4 Å². The van der Waals surface area contributed by atoms with E-state index in [1.807, 2.05) is 30.4 Å². The lowest BCUT2D eigenvalue weighted by atomic mass is 9.65. The Kier molecular flexibility index (Phi) is 8.05. The number of pyridine rings is 2. The summed E-state index contributed by atoms with van der Waals surface area (Å²) in [4.78, 5) is 27.3. The smallest absolute Gasteiger partial charge is 0.237 e. The first-order valence-corrected chi connectivity index (χ1v) is 18.2. The molecule has 1 spiro atoms. The molecule has 0 N–H and O–H groups in total. The van der Waals surface area contributed by atoms with Crippen molar-refractivity contribution in [2.45, 2.75) is 88.9 Å². The molecule has 1 fully saturated rings. The summed E-state index contributed by atoms with van der Waals surface area (Å²) < 4.78 is 12.8. The second kappa shape index (κ2) is 11.0. The average Bonchev–Trinajstić information content (AvgIpc) is 3.14. The number of fused-ring (bicyclic) bond motifs is 4. The van der Waals surface area contributed by atoms with Gasteiger partial charge >= 0.3 is 0 Å². The van der Waals surface area contributed by atoms with Crippen LogP contribution in [-0.4, -0.2) is 69.0 Å². The summed E-state index contributed by atoms with van der Waals surface area (Å²) in [5.74, 6) is 0.821. The minimum absolute atomic E-state index is 0.144. The van der Waals surface area contributed by atoms with E-state index in [0.717, 1.165) is 71.9 Å². The number of likely N-dealkylation sites (N-methyl/N-ethyl adjacent to an activating group) is 1. The second-order valence-electron chi connectivity index (χ2n) is 14.4. The van der Waals surface area contributed by atoms with Crippen LogP contribution < -0.4 is 9.64 Å². The number of hydrogen-bond donors (Lipinski definition) is 0. The SMILES string of the molecule is CN(C)CCCOc1ccc(-c2ccc3ncc4c(c3c2)C2(CCC(C)(O[Si](C)(C)C(C)(C)C)CC2)C(=O)N4C)cn1. The lowest BCUT2D eigenvalue weighted by Gasteiger charge is -2.49. The molecule has 0 saturated heterocycles. The molecule has 0 atom stereocenters. The van der Waals surface area contributed by atoms with Gasteiger partial charge in [-0.25, -0.2) is 4.98 Å². The molecule has 226 valence electrons. The lowest BCUT2D eigenvalue weighted by molar-refractivity contribution is -0.125. The predicted molar refractivity (Wildman–Crippen MR) is 174 cm³/mol. The zero-order chi connectivity index (χ0) is 30.5. The van der Waals surface area contributed by atoms with Crippen LogP contribution in [0.5, 0.6) is 5.88 Å². The van der Waals surface area contributed by atoms with Gasteiger partial charge in [-0.15, -0.1) is 0 Å². The fourth-order valence-corrected chi connectivity index (χ4v) is 8.13. The van der Waals surface area contributed by atoms with Crippen LogP contribution in [0.25, 0.3) is 22.0 Å². The number of ether oxygens (including phenoxy) is 1. The summed E-state index contributed by atoms with van der Waals surface area (Å²) in [6, 6.07) is 10.4. The van der Waals surface area contributed by atoms with Crippen molar-refractivity contribution in [1.82, 2.24) is 14.9 Å². The van der Waals surface area contributed by atoms with Gasteiger partial charge in [-0.05, 0) is 95.0 Å². The van der Waals surface area contributed by atoms with Gasteiger partial charge in [-0.1, -0.05) is 26.8 Å². The van der Waals surface area contributed by atoms with Gasteiger partial charge in [-0.3, -0.25) is 9.78 Å². The van der Waals surface area contributed by atoms with E-state index in [1.54, 1.807) is 0 Å². The molecule has 3 aromatic rings.